The number of hydrogen-bond acceptors (Lipinski definition) is 4. The van der Waals surface area contributed by atoms with Gasteiger partial charge in [0.25, 0.3) is 0 Å². The Bertz CT molecular complexity index is 440. The fraction of sp³-hybridized carbons (Fsp3) is 0.308. The molecule has 2 rings (SSSR count). The van der Waals surface area contributed by atoms with Crippen molar-refractivity contribution in [1.29, 1.82) is 0 Å². The molecule has 0 saturated heterocycles. The number of nitrogens with two attached hydrogens (primary N) is 1. The first kappa shape index (κ1) is 12.2. The third kappa shape index (κ3) is 3.63. The number of hydrogen-bond donors (Lipinski definition) is 2. The summed E-state index contributed by atoms with van der Waals surface area (Å²) in [6.07, 6.45) is 2.93. The number of nitrogens with one attached hydrogen (secondary N) is 1. The van der Waals surface area contributed by atoms with Crippen LogP contribution in [-0.4, -0.2) is 11.5 Å². The molecule has 0 fully saturated rings. The molecule has 0 radical (unpaired) electrons. The van der Waals surface area contributed by atoms with Crippen molar-refractivity contribution in [3.8, 4) is 0 Å². The second-order valence-electron chi connectivity index (χ2n) is 3.87. The minimum absolute atomic E-state index is 0.616. The Morgan fingerprint density at radius 1 is 1.24 bits per heavy atom. The van der Waals surface area contributed by atoms with Crippen LogP contribution in [-0.2, 0) is 19.5 Å². The van der Waals surface area contributed by atoms with Gasteiger partial charge in [-0.1, -0.05) is 24.3 Å². The van der Waals surface area contributed by atoms with Gasteiger partial charge in [-0.05, 0) is 24.1 Å². The highest BCUT2D eigenvalue weighted by atomic mass is 32.1. The molecule has 0 bridgehead atoms. The van der Waals surface area contributed by atoms with E-state index >= 15 is 0 Å². The van der Waals surface area contributed by atoms with Gasteiger partial charge in [-0.2, -0.15) is 0 Å². The lowest BCUT2D eigenvalue weighted by Gasteiger charge is -2.07. The lowest BCUT2D eigenvalue weighted by molar-refractivity contribution is 0.690. The summed E-state index contributed by atoms with van der Waals surface area (Å²) in [5.41, 5.74) is 10.1. The molecule has 0 aliphatic rings. The van der Waals surface area contributed by atoms with Gasteiger partial charge < -0.3 is 11.1 Å². The summed E-state index contributed by atoms with van der Waals surface area (Å²) in [5, 5.41) is 3.42. The normalized spacial score (nSPS) is 10.6. The van der Waals surface area contributed by atoms with Crippen molar-refractivity contribution in [2.24, 2.45) is 5.73 Å². The predicted molar refractivity (Wildman–Crippen MR) is 71.9 cm³/mol. The second-order valence-corrected chi connectivity index (χ2v) is 4.84. The Hall–Kier alpha value is -1.23. The summed E-state index contributed by atoms with van der Waals surface area (Å²) in [4.78, 5) is 5.32. The lowest BCUT2D eigenvalue weighted by atomic mass is 10.0. The Kier molecular flexibility index (Phi) is 4.67. The molecule has 0 aliphatic heterocycles. The van der Waals surface area contributed by atoms with Gasteiger partial charge in [0.1, 0.15) is 0 Å². The largest absolute Gasteiger partial charge is 0.326 e. The molecule has 1 aromatic heterocycles. The van der Waals surface area contributed by atoms with Crippen molar-refractivity contribution in [3.05, 3.63) is 52.0 Å². The average Bonchev–Trinajstić information content (AvgIpc) is 2.88. The van der Waals surface area contributed by atoms with E-state index in [0.29, 0.717) is 6.54 Å². The standard InChI is InChI=1S/C13H17N3S/c14-7-12-4-2-1-3-11(12)5-6-15-8-13-9-16-10-17-13/h1-4,9-10,15H,5-8,14H2. The number of rotatable bonds is 6. The fourth-order valence-corrected chi connectivity index (χ4v) is 2.33. The van der Waals surface area contributed by atoms with Gasteiger partial charge in [-0.25, -0.2) is 0 Å². The molecular formula is C13H17N3S. The van der Waals surface area contributed by atoms with E-state index < -0.39 is 0 Å². The topological polar surface area (TPSA) is 50.9 Å². The van der Waals surface area contributed by atoms with E-state index in [1.807, 2.05) is 17.8 Å². The smallest absolute Gasteiger partial charge is 0.0794 e. The Morgan fingerprint density at radius 3 is 2.76 bits per heavy atom. The van der Waals surface area contributed by atoms with E-state index in [1.54, 1.807) is 11.3 Å². The van der Waals surface area contributed by atoms with Crippen LogP contribution in [0.5, 0.6) is 0 Å². The Balaban J connectivity index is 1.78. The van der Waals surface area contributed by atoms with E-state index in [0.717, 1.165) is 19.5 Å². The first-order valence-electron chi connectivity index (χ1n) is 5.75. The lowest BCUT2D eigenvalue weighted by Crippen LogP contribution is -2.17. The van der Waals surface area contributed by atoms with E-state index in [2.05, 4.69) is 28.5 Å². The maximum atomic E-state index is 5.71. The third-order valence-electron chi connectivity index (χ3n) is 2.69. The van der Waals surface area contributed by atoms with Gasteiger partial charge >= 0.3 is 0 Å². The molecule has 1 aromatic carbocycles. The summed E-state index contributed by atoms with van der Waals surface area (Å²) in [6, 6.07) is 8.35. The first-order chi connectivity index (χ1) is 8.40. The van der Waals surface area contributed by atoms with Gasteiger partial charge in [0.2, 0.25) is 0 Å². The highest BCUT2D eigenvalue weighted by Gasteiger charge is 1.99. The van der Waals surface area contributed by atoms with Crippen LogP contribution in [0.4, 0.5) is 0 Å². The molecule has 90 valence electrons. The molecule has 2 aromatic rings. The molecule has 0 aliphatic carbocycles. The van der Waals surface area contributed by atoms with Crippen molar-refractivity contribution >= 4 is 11.3 Å². The monoisotopic (exact) mass is 247 g/mol. The van der Waals surface area contributed by atoms with Gasteiger partial charge in [0, 0.05) is 24.2 Å². The van der Waals surface area contributed by atoms with Crippen LogP contribution >= 0.6 is 11.3 Å². The summed E-state index contributed by atoms with van der Waals surface area (Å²) in [6.45, 7) is 2.48. The fourth-order valence-electron chi connectivity index (χ4n) is 1.76. The van der Waals surface area contributed by atoms with Crippen LogP contribution in [0.2, 0.25) is 0 Å². The Morgan fingerprint density at radius 2 is 2.06 bits per heavy atom. The number of nitrogens with zero attached hydrogens (tertiary/aromatic N) is 1. The minimum Gasteiger partial charge on any atom is -0.326 e. The van der Waals surface area contributed by atoms with E-state index in [9.17, 15) is 0 Å². The zero-order valence-corrected chi connectivity index (χ0v) is 10.5. The molecule has 17 heavy (non-hydrogen) atoms. The summed E-state index contributed by atoms with van der Waals surface area (Å²) >= 11 is 1.68. The quantitative estimate of drug-likeness (QED) is 0.767. The van der Waals surface area contributed by atoms with Crippen molar-refractivity contribution in [3.63, 3.8) is 0 Å². The summed E-state index contributed by atoms with van der Waals surface area (Å²) in [7, 11) is 0. The third-order valence-corrected chi connectivity index (χ3v) is 3.47. The molecule has 3 nitrogen and oxygen atoms in total. The average molecular weight is 247 g/mol. The van der Waals surface area contributed by atoms with Crippen LogP contribution in [0.3, 0.4) is 0 Å². The maximum absolute atomic E-state index is 5.71. The zero-order valence-electron chi connectivity index (χ0n) is 9.73. The highest BCUT2D eigenvalue weighted by molar-refractivity contribution is 7.09. The predicted octanol–water partition coefficient (Wildman–Crippen LogP) is 1.93. The van der Waals surface area contributed by atoms with Crippen LogP contribution < -0.4 is 11.1 Å². The van der Waals surface area contributed by atoms with Gasteiger partial charge in [0.15, 0.2) is 0 Å². The molecule has 0 unspecified atom stereocenters. The zero-order chi connectivity index (χ0) is 11.9. The highest BCUT2D eigenvalue weighted by Crippen LogP contribution is 2.08. The molecule has 4 heteroatoms. The number of thiazole rings is 1. The van der Waals surface area contributed by atoms with E-state index in [-0.39, 0.29) is 0 Å². The first-order valence-corrected chi connectivity index (χ1v) is 6.63. The number of benzene rings is 1. The molecule has 0 spiro atoms. The van der Waals surface area contributed by atoms with Crippen molar-refractivity contribution < 1.29 is 0 Å². The van der Waals surface area contributed by atoms with E-state index in [1.165, 1.54) is 16.0 Å². The van der Waals surface area contributed by atoms with Crippen molar-refractivity contribution in [2.75, 3.05) is 6.54 Å². The second kappa shape index (κ2) is 6.49. The van der Waals surface area contributed by atoms with Crippen LogP contribution in [0.15, 0.2) is 36.0 Å². The van der Waals surface area contributed by atoms with E-state index in [4.69, 9.17) is 5.73 Å². The molecule has 3 N–H and O–H groups in total. The summed E-state index contributed by atoms with van der Waals surface area (Å²) < 4.78 is 0. The maximum Gasteiger partial charge on any atom is 0.0794 e. The minimum atomic E-state index is 0.616. The summed E-state index contributed by atoms with van der Waals surface area (Å²) in [5.74, 6) is 0. The molecule has 0 atom stereocenters. The molecule has 1 heterocycles. The molecule has 0 saturated carbocycles. The van der Waals surface area contributed by atoms with Crippen LogP contribution in [0.1, 0.15) is 16.0 Å². The van der Waals surface area contributed by atoms with Gasteiger partial charge in [-0.3, -0.25) is 4.98 Å². The molecular weight excluding hydrogens is 230 g/mol. The number of aromatic nitrogens is 1. The Labute approximate surface area is 106 Å². The van der Waals surface area contributed by atoms with Gasteiger partial charge in [-0.15, -0.1) is 11.3 Å². The van der Waals surface area contributed by atoms with Gasteiger partial charge in [0.05, 0.1) is 5.51 Å². The molecule has 0 amide bonds. The van der Waals surface area contributed by atoms with Crippen LogP contribution in [0, 0.1) is 0 Å². The van der Waals surface area contributed by atoms with Crippen LogP contribution in [0.25, 0.3) is 0 Å². The SMILES string of the molecule is NCc1ccccc1CCNCc1cncs1. The van der Waals surface area contributed by atoms with Crippen molar-refractivity contribution in [2.45, 2.75) is 19.5 Å². The van der Waals surface area contributed by atoms with Crippen molar-refractivity contribution in [1.82, 2.24) is 10.3 Å².